The molecule has 1 atom stereocenters. The van der Waals surface area contributed by atoms with Crippen LogP contribution >= 0.6 is 0 Å². The van der Waals surface area contributed by atoms with E-state index in [4.69, 9.17) is 10.1 Å². The van der Waals surface area contributed by atoms with Gasteiger partial charge in [-0.3, -0.25) is 14.6 Å². The molecule has 0 aliphatic carbocycles. The summed E-state index contributed by atoms with van der Waals surface area (Å²) in [4.78, 5) is 33.2. The van der Waals surface area contributed by atoms with Crippen molar-refractivity contribution in [2.75, 3.05) is 24.6 Å². The molecule has 2 aliphatic rings. The first-order valence-corrected chi connectivity index (χ1v) is 9.63. The molecule has 0 radical (unpaired) electrons. The maximum atomic E-state index is 13.9. The van der Waals surface area contributed by atoms with E-state index in [0.29, 0.717) is 61.9 Å². The van der Waals surface area contributed by atoms with E-state index >= 15 is 0 Å². The van der Waals surface area contributed by atoms with Crippen LogP contribution in [0.15, 0.2) is 24.5 Å². The van der Waals surface area contributed by atoms with Gasteiger partial charge in [-0.1, -0.05) is 0 Å². The number of pyridine rings is 1. The number of aryl methyl sites for hydroxylation is 1. The normalized spacial score (nSPS) is 20.0. The molecule has 9 heteroatoms. The second-order valence-electron chi connectivity index (χ2n) is 7.25. The van der Waals surface area contributed by atoms with Gasteiger partial charge in [0.1, 0.15) is 17.6 Å². The first-order valence-electron chi connectivity index (χ1n) is 9.63. The first-order chi connectivity index (χ1) is 14.1. The van der Waals surface area contributed by atoms with Crippen LogP contribution in [0.25, 0.3) is 0 Å². The van der Waals surface area contributed by atoms with Gasteiger partial charge in [-0.05, 0) is 37.5 Å². The van der Waals surface area contributed by atoms with E-state index in [9.17, 15) is 9.18 Å². The quantitative estimate of drug-likeness (QED) is 0.786. The van der Waals surface area contributed by atoms with Crippen LogP contribution in [0.3, 0.4) is 0 Å². The second kappa shape index (κ2) is 8.09. The summed E-state index contributed by atoms with van der Waals surface area (Å²) in [7, 11) is 0. The van der Waals surface area contributed by atoms with Crippen molar-refractivity contribution < 1.29 is 14.0 Å². The Balaban J connectivity index is 1.42. The Kier molecular flexibility index (Phi) is 5.36. The maximum absolute atomic E-state index is 13.9. The van der Waals surface area contributed by atoms with Gasteiger partial charge in [0.25, 0.3) is 0 Å². The van der Waals surface area contributed by atoms with Crippen molar-refractivity contribution in [3.63, 3.8) is 0 Å². The van der Waals surface area contributed by atoms with E-state index < -0.39 is 0 Å². The number of hydrogen-bond acceptors (Lipinski definition) is 7. The zero-order valence-corrected chi connectivity index (χ0v) is 16.1. The van der Waals surface area contributed by atoms with Gasteiger partial charge >= 0.3 is 0 Å². The van der Waals surface area contributed by atoms with Gasteiger partial charge in [-0.2, -0.15) is 5.26 Å². The third-order valence-electron chi connectivity index (χ3n) is 5.44. The van der Waals surface area contributed by atoms with Crippen LogP contribution in [0, 0.1) is 30.0 Å². The van der Waals surface area contributed by atoms with E-state index in [-0.39, 0.29) is 23.7 Å². The highest BCUT2D eigenvalue weighted by molar-refractivity contribution is 5.79. The van der Waals surface area contributed by atoms with Gasteiger partial charge in [0.15, 0.2) is 0 Å². The highest BCUT2D eigenvalue weighted by Crippen LogP contribution is 2.34. The topological polar surface area (TPSA) is 95.2 Å². The summed E-state index contributed by atoms with van der Waals surface area (Å²) in [6.45, 7) is 3.26. The zero-order valence-electron chi connectivity index (χ0n) is 16.1. The number of hydroxylamine groups is 2. The van der Waals surface area contributed by atoms with Crippen molar-refractivity contribution >= 4 is 11.9 Å². The van der Waals surface area contributed by atoms with E-state index in [1.54, 1.807) is 25.4 Å². The molecule has 2 aromatic heterocycles. The molecule has 8 nitrogen and oxygen atoms in total. The van der Waals surface area contributed by atoms with E-state index in [0.717, 1.165) is 0 Å². The van der Waals surface area contributed by atoms with E-state index in [2.05, 4.69) is 15.0 Å². The lowest BCUT2D eigenvalue weighted by atomic mass is 9.95. The molecule has 29 heavy (non-hydrogen) atoms. The predicted octanol–water partition coefficient (Wildman–Crippen LogP) is 2.31. The van der Waals surface area contributed by atoms with Crippen molar-refractivity contribution in [3.05, 3.63) is 47.3 Å². The van der Waals surface area contributed by atoms with E-state index in [1.165, 1.54) is 11.1 Å². The number of amides is 1. The molecule has 4 heterocycles. The van der Waals surface area contributed by atoms with Crippen LogP contribution in [0.1, 0.15) is 42.3 Å². The summed E-state index contributed by atoms with van der Waals surface area (Å²) in [5, 5.41) is 10.4. The van der Waals surface area contributed by atoms with Crippen LogP contribution in [-0.4, -0.2) is 45.6 Å². The van der Waals surface area contributed by atoms with Crippen LogP contribution in [-0.2, 0) is 9.63 Å². The number of carbonyl (C=O) groups excluding carboxylic acids is 1. The lowest BCUT2D eigenvalue weighted by molar-refractivity contribution is -0.182. The molecule has 0 N–H and O–H groups in total. The molecule has 2 aromatic rings. The summed E-state index contributed by atoms with van der Waals surface area (Å²) in [5.41, 5.74) is 1.30. The molecule has 0 aromatic carbocycles. The number of hydrogen-bond donors (Lipinski definition) is 0. The van der Waals surface area contributed by atoms with Gasteiger partial charge in [-0.25, -0.2) is 19.4 Å². The molecule has 0 unspecified atom stereocenters. The number of aromatic nitrogens is 3. The molecule has 0 spiro atoms. The predicted molar refractivity (Wildman–Crippen MR) is 101 cm³/mol. The monoisotopic (exact) mass is 396 g/mol. The molecule has 4 rings (SSSR count). The Morgan fingerprint density at radius 3 is 2.83 bits per heavy atom. The first kappa shape index (κ1) is 19.2. The SMILES string of the molecule is Cc1ncc([C@@H]2CCON2C(=O)C2CCN(c3nccc(C#N)n3)CC2)cc1F. The average molecular weight is 396 g/mol. The Morgan fingerprint density at radius 2 is 2.10 bits per heavy atom. The molecule has 0 bridgehead atoms. The molecular weight excluding hydrogens is 375 g/mol. The fraction of sp³-hybridized carbons (Fsp3) is 0.450. The average Bonchev–Trinajstić information content (AvgIpc) is 3.25. The number of anilines is 1. The summed E-state index contributed by atoms with van der Waals surface area (Å²) in [5.74, 6) is -0.143. The molecule has 1 amide bonds. The largest absolute Gasteiger partial charge is 0.341 e. The van der Waals surface area contributed by atoms with Crippen molar-refractivity contribution in [1.82, 2.24) is 20.0 Å². The molecular formula is C20H21FN6O2. The molecule has 2 saturated heterocycles. The molecule has 150 valence electrons. The Bertz CT molecular complexity index is 954. The van der Waals surface area contributed by atoms with Gasteiger partial charge in [0, 0.05) is 37.8 Å². The van der Waals surface area contributed by atoms with Crippen molar-refractivity contribution in [2.24, 2.45) is 5.92 Å². The highest BCUT2D eigenvalue weighted by atomic mass is 19.1. The number of nitriles is 1. The minimum absolute atomic E-state index is 0.0835. The van der Waals surface area contributed by atoms with Crippen LogP contribution in [0.5, 0.6) is 0 Å². The maximum Gasteiger partial charge on any atom is 0.249 e. The second-order valence-corrected chi connectivity index (χ2v) is 7.25. The number of carbonyl (C=O) groups is 1. The number of nitrogens with zero attached hydrogens (tertiary/aromatic N) is 6. The standard InChI is InChI=1S/C20H21FN6O2/c1-13-17(21)10-15(12-24-13)18-5-9-29-27(18)19(28)14-3-7-26(8-4-14)20-23-6-2-16(11-22)25-20/h2,6,10,12,14,18H,3-5,7-9H2,1H3/t18-/m0/s1. The zero-order chi connectivity index (χ0) is 20.4. The molecule has 2 fully saturated rings. The minimum atomic E-state index is -0.380. The third-order valence-corrected chi connectivity index (χ3v) is 5.44. The van der Waals surface area contributed by atoms with Gasteiger partial charge in [0.2, 0.25) is 11.9 Å². The number of rotatable bonds is 3. The summed E-state index contributed by atoms with van der Waals surface area (Å²) >= 11 is 0. The van der Waals surface area contributed by atoms with Crippen molar-refractivity contribution in [2.45, 2.75) is 32.2 Å². The third kappa shape index (κ3) is 3.89. The van der Waals surface area contributed by atoms with Crippen molar-refractivity contribution in [3.8, 4) is 6.07 Å². The molecule has 0 saturated carbocycles. The Labute approximate surface area is 167 Å². The highest BCUT2D eigenvalue weighted by Gasteiger charge is 2.37. The fourth-order valence-electron chi connectivity index (χ4n) is 3.76. The van der Waals surface area contributed by atoms with Crippen LogP contribution in [0.2, 0.25) is 0 Å². The van der Waals surface area contributed by atoms with Gasteiger partial charge in [-0.15, -0.1) is 0 Å². The number of piperidine rings is 1. The summed E-state index contributed by atoms with van der Waals surface area (Å²) < 4.78 is 13.9. The van der Waals surface area contributed by atoms with Crippen molar-refractivity contribution in [1.29, 1.82) is 5.26 Å². The fourth-order valence-corrected chi connectivity index (χ4v) is 3.76. The lowest BCUT2D eigenvalue weighted by Crippen LogP contribution is -2.42. The van der Waals surface area contributed by atoms with Gasteiger partial charge in [0.05, 0.1) is 18.3 Å². The number of halogens is 1. The Morgan fingerprint density at radius 1 is 1.31 bits per heavy atom. The van der Waals surface area contributed by atoms with Gasteiger partial charge < -0.3 is 4.90 Å². The molecule has 2 aliphatic heterocycles. The Hall–Kier alpha value is -3.12. The summed E-state index contributed by atoms with van der Waals surface area (Å²) in [6, 6.07) is 4.69. The lowest BCUT2D eigenvalue weighted by Gasteiger charge is -2.34. The van der Waals surface area contributed by atoms with E-state index in [1.807, 2.05) is 11.0 Å². The van der Waals surface area contributed by atoms with Crippen LogP contribution < -0.4 is 4.90 Å². The summed E-state index contributed by atoms with van der Waals surface area (Å²) in [6.07, 6.45) is 5.05. The minimum Gasteiger partial charge on any atom is -0.341 e. The smallest absolute Gasteiger partial charge is 0.249 e. The van der Waals surface area contributed by atoms with Crippen LogP contribution in [0.4, 0.5) is 10.3 Å².